The Bertz CT molecular complexity index is 513. The van der Waals surface area contributed by atoms with Gasteiger partial charge in [0.05, 0.1) is 24.5 Å². The van der Waals surface area contributed by atoms with Crippen LogP contribution in [0, 0.1) is 5.92 Å². The lowest BCUT2D eigenvalue weighted by molar-refractivity contribution is -0.140. The van der Waals surface area contributed by atoms with Gasteiger partial charge in [-0.15, -0.1) is 0 Å². The van der Waals surface area contributed by atoms with Crippen molar-refractivity contribution in [1.29, 1.82) is 0 Å². The van der Waals surface area contributed by atoms with Crippen LogP contribution < -0.4 is 0 Å². The molecule has 21 heavy (non-hydrogen) atoms. The van der Waals surface area contributed by atoms with Crippen molar-refractivity contribution in [1.82, 2.24) is 9.80 Å². The molecule has 1 unspecified atom stereocenters. The van der Waals surface area contributed by atoms with Crippen LogP contribution in [0.5, 0.6) is 0 Å². The van der Waals surface area contributed by atoms with Gasteiger partial charge in [0.15, 0.2) is 9.84 Å². The van der Waals surface area contributed by atoms with Crippen molar-refractivity contribution in [3.63, 3.8) is 0 Å². The number of carboxylic acid groups (broad SMARTS) is 1. The first-order chi connectivity index (χ1) is 9.80. The number of aliphatic carboxylic acids is 1. The number of sulfone groups is 1. The van der Waals surface area contributed by atoms with E-state index in [-0.39, 0.29) is 42.3 Å². The van der Waals surface area contributed by atoms with Crippen LogP contribution >= 0.6 is 0 Å². The zero-order chi connectivity index (χ0) is 15.6. The Morgan fingerprint density at radius 2 is 2.00 bits per heavy atom. The maximum atomic E-state index is 12.3. The Morgan fingerprint density at radius 1 is 1.33 bits per heavy atom. The molecule has 0 saturated carbocycles. The lowest BCUT2D eigenvalue weighted by Gasteiger charge is -2.39. The summed E-state index contributed by atoms with van der Waals surface area (Å²) >= 11 is 0. The van der Waals surface area contributed by atoms with E-state index in [4.69, 9.17) is 5.11 Å². The number of likely N-dealkylation sites (N-methyl/N-ethyl adjacent to an activating group) is 1. The van der Waals surface area contributed by atoms with Gasteiger partial charge in [-0.05, 0) is 19.3 Å². The van der Waals surface area contributed by atoms with Gasteiger partial charge >= 0.3 is 5.97 Å². The van der Waals surface area contributed by atoms with Gasteiger partial charge in [-0.1, -0.05) is 0 Å². The first-order valence-electron chi connectivity index (χ1n) is 7.24. The predicted octanol–water partition coefficient (Wildman–Crippen LogP) is -0.571. The highest BCUT2D eigenvalue weighted by molar-refractivity contribution is 7.91. The minimum Gasteiger partial charge on any atom is -0.481 e. The third-order valence-electron chi connectivity index (χ3n) is 4.17. The Labute approximate surface area is 124 Å². The fraction of sp³-hybridized carbons (Fsp3) is 0.846. The normalized spacial score (nSPS) is 25.5. The molecule has 1 amide bonds. The van der Waals surface area contributed by atoms with E-state index in [1.165, 1.54) is 0 Å². The van der Waals surface area contributed by atoms with E-state index in [1.54, 1.807) is 4.90 Å². The Morgan fingerprint density at radius 3 is 2.48 bits per heavy atom. The highest BCUT2D eigenvalue weighted by Gasteiger charge is 2.36. The summed E-state index contributed by atoms with van der Waals surface area (Å²) in [5.41, 5.74) is 0. The summed E-state index contributed by atoms with van der Waals surface area (Å²) in [7, 11) is -3.00. The van der Waals surface area contributed by atoms with E-state index in [0.29, 0.717) is 26.1 Å². The molecule has 2 aliphatic rings. The van der Waals surface area contributed by atoms with Crippen molar-refractivity contribution in [2.45, 2.75) is 25.8 Å². The summed E-state index contributed by atoms with van der Waals surface area (Å²) in [6, 6.07) is -0.205. The van der Waals surface area contributed by atoms with Crippen molar-refractivity contribution < 1.29 is 23.1 Å². The summed E-state index contributed by atoms with van der Waals surface area (Å²) < 4.78 is 23.0. The van der Waals surface area contributed by atoms with E-state index < -0.39 is 15.8 Å². The number of carboxylic acids is 1. The number of carbonyl (C=O) groups is 2. The smallest absolute Gasteiger partial charge is 0.303 e. The topological polar surface area (TPSA) is 95.0 Å². The van der Waals surface area contributed by atoms with Crippen molar-refractivity contribution >= 4 is 21.7 Å². The van der Waals surface area contributed by atoms with Crippen LogP contribution in [-0.4, -0.2) is 78.9 Å². The fourth-order valence-corrected chi connectivity index (χ4v) is 4.85. The Balaban J connectivity index is 1.81. The van der Waals surface area contributed by atoms with Crippen LogP contribution in [0.4, 0.5) is 0 Å². The summed E-state index contributed by atoms with van der Waals surface area (Å²) in [4.78, 5) is 26.4. The first-order valence-corrected chi connectivity index (χ1v) is 9.07. The van der Waals surface area contributed by atoms with Crippen LogP contribution in [0.15, 0.2) is 0 Å². The summed E-state index contributed by atoms with van der Waals surface area (Å²) in [6.45, 7) is 3.86. The lowest BCUT2D eigenvalue weighted by atomic mass is 9.96. The molecule has 8 heteroatoms. The minimum absolute atomic E-state index is 0.0617. The molecule has 2 rings (SSSR count). The quantitative estimate of drug-likeness (QED) is 0.704. The summed E-state index contributed by atoms with van der Waals surface area (Å²) in [5.74, 6) is -0.525. The second-order valence-electron chi connectivity index (χ2n) is 5.89. The molecule has 2 aliphatic heterocycles. The molecule has 0 bridgehead atoms. The SMILES string of the molecule is CCN(C(=O)CN1CC(CC(=O)O)C1)C1CCS(=O)(=O)C1. The maximum absolute atomic E-state index is 12.3. The fourth-order valence-electron chi connectivity index (χ4n) is 3.12. The van der Waals surface area contributed by atoms with E-state index >= 15 is 0 Å². The molecule has 2 heterocycles. The highest BCUT2D eigenvalue weighted by Crippen LogP contribution is 2.21. The number of rotatable bonds is 6. The Kier molecular flexibility index (Phi) is 4.88. The number of hydrogen-bond donors (Lipinski definition) is 1. The number of carbonyl (C=O) groups excluding carboxylic acids is 1. The van der Waals surface area contributed by atoms with E-state index in [1.807, 2.05) is 11.8 Å². The summed E-state index contributed by atoms with van der Waals surface area (Å²) in [5, 5.41) is 8.69. The van der Waals surface area contributed by atoms with Crippen LogP contribution in [-0.2, 0) is 19.4 Å². The second kappa shape index (κ2) is 6.31. The maximum Gasteiger partial charge on any atom is 0.303 e. The molecular weight excluding hydrogens is 296 g/mol. The molecule has 0 aromatic rings. The van der Waals surface area contributed by atoms with Gasteiger partial charge < -0.3 is 10.0 Å². The zero-order valence-electron chi connectivity index (χ0n) is 12.2. The van der Waals surface area contributed by atoms with Gasteiger partial charge in [-0.3, -0.25) is 14.5 Å². The standard InChI is InChI=1S/C13H22N2O5S/c1-2-15(11-3-4-21(19,20)9-11)12(16)8-14-6-10(7-14)5-13(17)18/h10-11H,2-9H2,1H3,(H,17,18). The van der Waals surface area contributed by atoms with Crippen LogP contribution in [0.2, 0.25) is 0 Å². The molecule has 1 N–H and O–H groups in total. The summed E-state index contributed by atoms with van der Waals surface area (Å²) in [6.07, 6.45) is 0.659. The molecule has 0 radical (unpaired) electrons. The largest absolute Gasteiger partial charge is 0.481 e. The Hall–Kier alpha value is -1.15. The third kappa shape index (κ3) is 4.16. The molecule has 1 atom stereocenters. The van der Waals surface area contributed by atoms with Gasteiger partial charge in [0.2, 0.25) is 5.91 Å². The van der Waals surface area contributed by atoms with Crippen molar-refractivity contribution in [3.05, 3.63) is 0 Å². The van der Waals surface area contributed by atoms with Crippen molar-refractivity contribution in [3.8, 4) is 0 Å². The molecule has 2 fully saturated rings. The van der Waals surface area contributed by atoms with Crippen LogP contribution in [0.1, 0.15) is 19.8 Å². The highest BCUT2D eigenvalue weighted by atomic mass is 32.2. The molecule has 0 aromatic heterocycles. The number of hydrogen-bond acceptors (Lipinski definition) is 5. The number of likely N-dealkylation sites (tertiary alicyclic amines) is 1. The van der Waals surface area contributed by atoms with Crippen LogP contribution in [0.3, 0.4) is 0 Å². The monoisotopic (exact) mass is 318 g/mol. The molecule has 0 aliphatic carbocycles. The molecule has 120 valence electrons. The molecule has 2 saturated heterocycles. The average Bonchev–Trinajstić information content (AvgIpc) is 2.67. The molecule has 7 nitrogen and oxygen atoms in total. The van der Waals surface area contributed by atoms with Gasteiger partial charge in [0.1, 0.15) is 0 Å². The van der Waals surface area contributed by atoms with E-state index in [2.05, 4.69) is 0 Å². The molecule has 0 spiro atoms. The number of nitrogens with zero attached hydrogens (tertiary/aromatic N) is 2. The van der Waals surface area contributed by atoms with Crippen molar-refractivity contribution in [2.24, 2.45) is 5.92 Å². The predicted molar refractivity (Wildman–Crippen MR) is 76.6 cm³/mol. The van der Waals surface area contributed by atoms with Crippen LogP contribution in [0.25, 0.3) is 0 Å². The number of amides is 1. The zero-order valence-corrected chi connectivity index (χ0v) is 13.0. The van der Waals surface area contributed by atoms with E-state index in [9.17, 15) is 18.0 Å². The van der Waals surface area contributed by atoms with Gasteiger partial charge in [-0.25, -0.2) is 8.42 Å². The molecule has 0 aromatic carbocycles. The van der Waals surface area contributed by atoms with Crippen molar-refractivity contribution in [2.75, 3.05) is 37.7 Å². The lowest BCUT2D eigenvalue weighted by Crippen LogP contribution is -2.53. The second-order valence-corrected chi connectivity index (χ2v) is 8.12. The van der Waals surface area contributed by atoms with Gasteiger partial charge in [0.25, 0.3) is 0 Å². The molecular formula is C13H22N2O5S. The minimum atomic E-state index is -3.00. The van der Waals surface area contributed by atoms with Gasteiger partial charge in [-0.2, -0.15) is 0 Å². The van der Waals surface area contributed by atoms with E-state index in [0.717, 1.165) is 0 Å². The average molecular weight is 318 g/mol. The van der Waals surface area contributed by atoms with Gasteiger partial charge in [0, 0.05) is 25.7 Å². The third-order valence-corrected chi connectivity index (χ3v) is 5.92. The first kappa shape index (κ1) is 16.2.